The van der Waals surface area contributed by atoms with Crippen molar-refractivity contribution in [1.82, 2.24) is 13.7 Å². The lowest BCUT2D eigenvalue weighted by Gasteiger charge is -2.34. The summed E-state index contributed by atoms with van der Waals surface area (Å²) in [4.78, 5) is 0. The van der Waals surface area contributed by atoms with Crippen molar-refractivity contribution in [3.05, 3.63) is 283 Å². The Morgan fingerprint density at radius 2 is 0.714 bits per heavy atom. The van der Waals surface area contributed by atoms with E-state index in [1.807, 2.05) is 0 Å². The van der Waals surface area contributed by atoms with Crippen LogP contribution in [0.15, 0.2) is 261 Å². The summed E-state index contributed by atoms with van der Waals surface area (Å²) in [5, 5.41) is 7.33. The lowest BCUT2D eigenvalue weighted by molar-refractivity contribution is 0.768. The van der Waals surface area contributed by atoms with E-state index in [0.29, 0.717) is 0 Å². The topological polar surface area (TPSA) is 14.8 Å². The molecule has 0 radical (unpaired) electrons. The maximum Gasteiger partial charge on any atom is 0.0784 e. The molecule has 0 atom stereocenters. The first kappa shape index (κ1) is 38.9. The first-order valence-electron chi connectivity index (χ1n) is 24.3. The third kappa shape index (κ3) is 5.34. The molecule has 3 heteroatoms. The molecule has 0 amide bonds. The molecular formula is C67H43N3. The van der Waals surface area contributed by atoms with E-state index in [-0.39, 0.29) is 0 Å². The van der Waals surface area contributed by atoms with E-state index >= 15 is 0 Å². The van der Waals surface area contributed by atoms with Crippen molar-refractivity contribution in [2.45, 2.75) is 5.41 Å². The molecule has 326 valence electrons. The number of benzene rings is 11. The summed E-state index contributed by atoms with van der Waals surface area (Å²) < 4.78 is 7.52. The van der Waals surface area contributed by atoms with Crippen molar-refractivity contribution < 1.29 is 0 Å². The Morgan fingerprint density at radius 1 is 0.257 bits per heavy atom. The van der Waals surface area contributed by atoms with Gasteiger partial charge in [-0.2, -0.15) is 0 Å². The van der Waals surface area contributed by atoms with Gasteiger partial charge in [0.1, 0.15) is 0 Å². The fourth-order valence-corrected chi connectivity index (χ4v) is 12.4. The van der Waals surface area contributed by atoms with E-state index in [2.05, 4.69) is 275 Å². The van der Waals surface area contributed by atoms with Crippen LogP contribution < -0.4 is 0 Å². The summed E-state index contributed by atoms with van der Waals surface area (Å²) in [5.74, 6) is 0. The lowest BCUT2D eigenvalue weighted by atomic mass is 9.68. The fraction of sp³-hybridized carbons (Fsp3) is 0.0149. The van der Waals surface area contributed by atoms with Crippen molar-refractivity contribution in [3.63, 3.8) is 0 Å². The van der Waals surface area contributed by atoms with Crippen molar-refractivity contribution in [2.24, 2.45) is 0 Å². The molecule has 11 aromatic carbocycles. The van der Waals surface area contributed by atoms with Crippen molar-refractivity contribution >= 4 is 65.4 Å². The van der Waals surface area contributed by atoms with Crippen LogP contribution in [0.5, 0.6) is 0 Å². The summed E-state index contributed by atoms with van der Waals surface area (Å²) in [6, 6.07) is 96.8. The Morgan fingerprint density at radius 3 is 1.29 bits per heavy atom. The molecule has 1 aliphatic rings. The Bertz CT molecular complexity index is 4240. The van der Waals surface area contributed by atoms with E-state index in [1.54, 1.807) is 0 Å². The highest BCUT2D eigenvalue weighted by molar-refractivity contribution is 6.17. The lowest BCUT2D eigenvalue weighted by Crippen LogP contribution is -2.28. The summed E-state index contributed by atoms with van der Waals surface area (Å²) in [6.07, 6.45) is 0. The third-order valence-electron chi connectivity index (χ3n) is 15.3. The average Bonchev–Trinajstić information content (AvgIpc) is 4.15. The molecule has 0 fully saturated rings. The SMILES string of the molecule is c1ccc(-c2ccc3c(c2)c2cc(-n4c5ccccc5c5ccccc54)cc(-n4c5ccccc5c5ccccc54)c2n3-c2ccc(C3(c4ccccc4)c4ccccc4-c4ccccc43)cc2)cc1. The minimum Gasteiger partial charge on any atom is -0.309 e. The van der Waals surface area contributed by atoms with Crippen LogP contribution in [0.4, 0.5) is 0 Å². The smallest absolute Gasteiger partial charge is 0.0784 e. The zero-order chi connectivity index (χ0) is 45.9. The molecule has 0 saturated carbocycles. The minimum atomic E-state index is -0.496. The van der Waals surface area contributed by atoms with Gasteiger partial charge in [-0.05, 0) is 105 Å². The molecule has 15 rings (SSSR count). The summed E-state index contributed by atoms with van der Waals surface area (Å²) in [6.45, 7) is 0. The zero-order valence-corrected chi connectivity index (χ0v) is 38.2. The predicted octanol–water partition coefficient (Wildman–Crippen LogP) is 17.0. The van der Waals surface area contributed by atoms with Crippen LogP contribution >= 0.6 is 0 Å². The first-order valence-corrected chi connectivity index (χ1v) is 24.3. The number of hydrogen-bond acceptors (Lipinski definition) is 0. The molecular weight excluding hydrogens is 847 g/mol. The number of rotatable bonds is 6. The van der Waals surface area contributed by atoms with Gasteiger partial charge in [0.2, 0.25) is 0 Å². The second-order valence-electron chi connectivity index (χ2n) is 18.8. The monoisotopic (exact) mass is 889 g/mol. The van der Waals surface area contributed by atoms with Gasteiger partial charge in [-0.25, -0.2) is 0 Å². The number of aromatic nitrogens is 3. The number of nitrogens with zero attached hydrogens (tertiary/aromatic N) is 3. The van der Waals surface area contributed by atoms with Gasteiger partial charge >= 0.3 is 0 Å². The largest absolute Gasteiger partial charge is 0.309 e. The van der Waals surface area contributed by atoms with Crippen molar-refractivity contribution in [2.75, 3.05) is 0 Å². The van der Waals surface area contributed by atoms with Gasteiger partial charge in [-0.15, -0.1) is 0 Å². The second-order valence-corrected chi connectivity index (χ2v) is 18.8. The van der Waals surface area contributed by atoms with Crippen LogP contribution in [0.3, 0.4) is 0 Å². The molecule has 3 heterocycles. The molecule has 3 nitrogen and oxygen atoms in total. The second kappa shape index (κ2) is 14.9. The molecule has 3 aromatic heterocycles. The predicted molar refractivity (Wildman–Crippen MR) is 292 cm³/mol. The van der Waals surface area contributed by atoms with Crippen molar-refractivity contribution in [3.8, 4) is 39.3 Å². The van der Waals surface area contributed by atoms with Gasteiger partial charge in [0.25, 0.3) is 0 Å². The number of para-hydroxylation sites is 4. The number of fused-ring (bicyclic) bond motifs is 12. The fourth-order valence-electron chi connectivity index (χ4n) is 12.4. The summed E-state index contributed by atoms with van der Waals surface area (Å²) in [7, 11) is 0. The van der Waals surface area contributed by atoms with Gasteiger partial charge in [0, 0.05) is 43.7 Å². The Balaban J connectivity index is 1.07. The normalized spacial score (nSPS) is 13.0. The Labute approximate surface area is 405 Å². The van der Waals surface area contributed by atoms with Crippen LogP contribution in [0.1, 0.15) is 22.3 Å². The van der Waals surface area contributed by atoms with Crippen LogP contribution in [-0.4, -0.2) is 13.7 Å². The van der Waals surface area contributed by atoms with E-state index in [1.165, 1.54) is 98.9 Å². The van der Waals surface area contributed by atoms with Crippen LogP contribution in [-0.2, 0) is 5.41 Å². The first-order chi connectivity index (χ1) is 34.8. The molecule has 0 bridgehead atoms. The average molecular weight is 890 g/mol. The summed E-state index contributed by atoms with van der Waals surface area (Å²) >= 11 is 0. The van der Waals surface area contributed by atoms with Gasteiger partial charge in [-0.1, -0.05) is 200 Å². The molecule has 0 saturated heterocycles. The zero-order valence-electron chi connectivity index (χ0n) is 38.2. The van der Waals surface area contributed by atoms with Gasteiger partial charge in [0.15, 0.2) is 0 Å². The summed E-state index contributed by atoms with van der Waals surface area (Å²) in [5.41, 5.74) is 19.9. The van der Waals surface area contributed by atoms with E-state index < -0.39 is 5.41 Å². The van der Waals surface area contributed by atoms with E-state index in [4.69, 9.17) is 0 Å². The molecule has 70 heavy (non-hydrogen) atoms. The highest BCUT2D eigenvalue weighted by atomic mass is 15.1. The molecule has 0 spiro atoms. The van der Waals surface area contributed by atoms with Crippen molar-refractivity contribution in [1.29, 1.82) is 0 Å². The molecule has 0 aliphatic heterocycles. The Hall–Kier alpha value is -9.18. The van der Waals surface area contributed by atoms with E-state index in [9.17, 15) is 0 Å². The molecule has 14 aromatic rings. The highest BCUT2D eigenvalue weighted by Gasteiger charge is 2.45. The third-order valence-corrected chi connectivity index (χ3v) is 15.3. The van der Waals surface area contributed by atoms with Gasteiger partial charge < -0.3 is 13.7 Å². The Kier molecular flexibility index (Phi) is 8.28. The van der Waals surface area contributed by atoms with Crippen LogP contribution in [0.2, 0.25) is 0 Å². The standard InChI is InChI=1S/C67H43N3/c1-3-19-44(20-4-1)45-35-40-64-56(41-45)57-42-49(68-60-31-15-9-25-52(60)53-26-10-16-32-61(53)68)43-65(70-62-33-17-11-27-54(62)55-28-12-18-34-63(55)70)66(57)69(64)48-38-36-47(37-39-48)67(46-21-5-2-6-22-46)58-29-13-7-23-50(58)51-24-8-14-30-59(51)67/h1-43H. The van der Waals surface area contributed by atoms with Gasteiger partial charge in [0.05, 0.1) is 44.2 Å². The number of hydrogen-bond donors (Lipinski definition) is 0. The maximum atomic E-state index is 2.53. The van der Waals surface area contributed by atoms with Crippen LogP contribution in [0.25, 0.3) is 105 Å². The maximum absolute atomic E-state index is 2.53. The highest BCUT2D eigenvalue weighted by Crippen LogP contribution is 2.56. The van der Waals surface area contributed by atoms with Crippen LogP contribution in [0, 0.1) is 0 Å². The van der Waals surface area contributed by atoms with Gasteiger partial charge in [-0.3, -0.25) is 0 Å². The minimum absolute atomic E-state index is 0.496. The van der Waals surface area contributed by atoms with E-state index in [0.717, 1.165) is 28.1 Å². The quantitative estimate of drug-likeness (QED) is 0.158. The molecule has 0 N–H and O–H groups in total. The molecule has 0 unspecified atom stereocenters. The molecule has 1 aliphatic carbocycles.